The van der Waals surface area contributed by atoms with Gasteiger partial charge >= 0.3 is 6.09 Å². The van der Waals surface area contributed by atoms with Gasteiger partial charge in [-0.3, -0.25) is 4.79 Å². The number of nitrogens with zero attached hydrogens (tertiary/aromatic N) is 3. The van der Waals surface area contributed by atoms with Crippen molar-refractivity contribution >= 4 is 29.3 Å². The first-order valence-corrected chi connectivity index (χ1v) is 11.1. The number of likely N-dealkylation sites (tertiary alicyclic amines) is 1. The van der Waals surface area contributed by atoms with Gasteiger partial charge in [0, 0.05) is 31.7 Å². The molecule has 1 aliphatic heterocycles. The fourth-order valence-electron chi connectivity index (χ4n) is 3.89. The van der Waals surface area contributed by atoms with Crippen LogP contribution in [0.2, 0.25) is 5.15 Å². The second kappa shape index (κ2) is 9.81. The number of amides is 2. The van der Waals surface area contributed by atoms with Crippen molar-refractivity contribution in [3.8, 4) is 0 Å². The molecule has 1 saturated carbocycles. The van der Waals surface area contributed by atoms with Gasteiger partial charge in [0.05, 0.1) is 5.69 Å². The lowest BCUT2D eigenvalue weighted by Gasteiger charge is -2.33. The third kappa shape index (κ3) is 6.45. The summed E-state index contributed by atoms with van der Waals surface area (Å²) in [7, 11) is 0. The lowest BCUT2D eigenvalue weighted by molar-refractivity contribution is 0.0188. The molecule has 0 aromatic carbocycles. The zero-order chi connectivity index (χ0) is 21.7. The first-order valence-electron chi connectivity index (χ1n) is 10.8. The van der Waals surface area contributed by atoms with Crippen LogP contribution >= 0.6 is 11.6 Å². The molecule has 2 aliphatic rings. The number of carbonyl (C=O) groups excluding carboxylic acids is 2. The van der Waals surface area contributed by atoms with Crippen LogP contribution in [0.3, 0.4) is 0 Å². The fraction of sp³-hybridized carbons (Fsp3) is 0.714. The molecule has 1 aromatic rings. The quantitative estimate of drug-likeness (QED) is 0.725. The van der Waals surface area contributed by atoms with E-state index < -0.39 is 5.60 Å². The van der Waals surface area contributed by atoms with Crippen molar-refractivity contribution in [1.82, 2.24) is 20.4 Å². The van der Waals surface area contributed by atoms with Crippen molar-refractivity contribution in [1.29, 1.82) is 0 Å². The monoisotopic (exact) mass is 437 g/mol. The van der Waals surface area contributed by atoms with Crippen LogP contribution in [-0.4, -0.2) is 58.4 Å². The van der Waals surface area contributed by atoms with Gasteiger partial charge in [-0.15, -0.1) is 10.2 Å². The maximum atomic E-state index is 12.7. The van der Waals surface area contributed by atoms with Crippen molar-refractivity contribution in [2.24, 2.45) is 5.92 Å². The van der Waals surface area contributed by atoms with E-state index in [4.69, 9.17) is 16.3 Å². The zero-order valence-electron chi connectivity index (χ0n) is 18.0. The van der Waals surface area contributed by atoms with E-state index in [1.807, 2.05) is 20.8 Å². The van der Waals surface area contributed by atoms with Gasteiger partial charge in [-0.25, -0.2) is 4.79 Å². The molecule has 1 aromatic heterocycles. The molecule has 1 saturated heterocycles. The van der Waals surface area contributed by atoms with Crippen LogP contribution in [0.4, 0.5) is 10.5 Å². The first kappa shape index (κ1) is 22.6. The number of piperidine rings is 1. The molecular formula is C21H32ClN5O3. The van der Waals surface area contributed by atoms with E-state index in [0.717, 1.165) is 38.5 Å². The van der Waals surface area contributed by atoms with Crippen LogP contribution in [-0.2, 0) is 4.74 Å². The molecular weight excluding hydrogens is 406 g/mol. The van der Waals surface area contributed by atoms with E-state index in [-0.39, 0.29) is 28.9 Å². The fourth-order valence-corrected chi connectivity index (χ4v) is 4.04. The van der Waals surface area contributed by atoms with Crippen molar-refractivity contribution in [2.45, 2.75) is 70.9 Å². The molecule has 0 bridgehead atoms. The summed E-state index contributed by atoms with van der Waals surface area (Å²) in [6, 6.07) is 1.86. The standard InChI is InChI=1S/C21H32ClN5O3/c1-21(2,3)30-20(29)27-10-8-14(9-11-27)13-23-16-12-17(22)25-26-18(16)19(28)24-15-6-4-5-7-15/h12,14-15H,4-11,13H2,1-3H3,(H,23,25)(H,24,28). The smallest absolute Gasteiger partial charge is 0.410 e. The predicted molar refractivity (Wildman–Crippen MR) is 116 cm³/mol. The molecule has 1 aliphatic carbocycles. The maximum absolute atomic E-state index is 12.7. The molecule has 2 fully saturated rings. The van der Waals surface area contributed by atoms with E-state index in [1.54, 1.807) is 11.0 Å². The average molecular weight is 438 g/mol. The number of nitrogens with one attached hydrogen (secondary N) is 2. The van der Waals surface area contributed by atoms with Crippen LogP contribution in [0.25, 0.3) is 0 Å². The third-order valence-corrected chi connectivity index (χ3v) is 5.70. The van der Waals surface area contributed by atoms with Crippen molar-refractivity contribution < 1.29 is 14.3 Å². The average Bonchev–Trinajstić information content (AvgIpc) is 3.18. The molecule has 0 atom stereocenters. The maximum Gasteiger partial charge on any atom is 0.410 e. The summed E-state index contributed by atoms with van der Waals surface area (Å²) in [6.07, 6.45) is 5.76. The molecule has 0 spiro atoms. The Labute approximate surface area is 183 Å². The lowest BCUT2D eigenvalue weighted by atomic mass is 9.97. The number of hydrogen-bond donors (Lipinski definition) is 2. The summed E-state index contributed by atoms with van der Waals surface area (Å²) in [4.78, 5) is 26.6. The Morgan fingerprint density at radius 1 is 1.17 bits per heavy atom. The van der Waals surface area contributed by atoms with E-state index in [9.17, 15) is 9.59 Å². The van der Waals surface area contributed by atoms with E-state index in [1.165, 1.54) is 0 Å². The number of carbonyl (C=O) groups is 2. The van der Waals surface area contributed by atoms with Gasteiger partial charge in [0.2, 0.25) is 0 Å². The van der Waals surface area contributed by atoms with Crippen LogP contribution < -0.4 is 10.6 Å². The van der Waals surface area contributed by atoms with Gasteiger partial charge in [0.15, 0.2) is 10.8 Å². The Kier molecular flexibility index (Phi) is 7.39. The third-order valence-electron chi connectivity index (χ3n) is 5.52. The number of hydrogen-bond acceptors (Lipinski definition) is 6. The molecule has 3 rings (SSSR count). The molecule has 0 unspecified atom stereocenters. The van der Waals surface area contributed by atoms with Crippen LogP contribution in [0, 0.1) is 5.92 Å². The second-order valence-corrected chi connectivity index (χ2v) is 9.56. The van der Waals surface area contributed by atoms with Crippen LogP contribution in [0.15, 0.2) is 6.07 Å². The summed E-state index contributed by atoms with van der Waals surface area (Å²) in [5.74, 6) is 0.162. The lowest BCUT2D eigenvalue weighted by Crippen LogP contribution is -2.42. The highest BCUT2D eigenvalue weighted by atomic mass is 35.5. The summed E-state index contributed by atoms with van der Waals surface area (Å²) >= 11 is 6.02. The second-order valence-electron chi connectivity index (χ2n) is 9.18. The minimum absolute atomic E-state index is 0.208. The highest BCUT2D eigenvalue weighted by Gasteiger charge is 2.27. The van der Waals surface area contributed by atoms with Gasteiger partial charge in [0.25, 0.3) is 5.91 Å². The minimum atomic E-state index is -0.488. The number of anilines is 1. The number of ether oxygens (including phenoxy) is 1. The van der Waals surface area contributed by atoms with Gasteiger partial charge in [-0.2, -0.15) is 0 Å². The Morgan fingerprint density at radius 2 is 1.83 bits per heavy atom. The number of rotatable bonds is 5. The number of aromatic nitrogens is 2. The largest absolute Gasteiger partial charge is 0.444 e. The Morgan fingerprint density at radius 3 is 2.47 bits per heavy atom. The van der Waals surface area contributed by atoms with Crippen molar-refractivity contribution in [2.75, 3.05) is 25.0 Å². The molecule has 30 heavy (non-hydrogen) atoms. The molecule has 2 N–H and O–H groups in total. The van der Waals surface area contributed by atoms with E-state index in [0.29, 0.717) is 31.2 Å². The topological polar surface area (TPSA) is 96.4 Å². The summed E-state index contributed by atoms with van der Waals surface area (Å²) in [5, 5.41) is 14.5. The minimum Gasteiger partial charge on any atom is -0.444 e. The SMILES string of the molecule is CC(C)(C)OC(=O)N1CCC(CNc2cc(Cl)nnc2C(=O)NC2CCCC2)CC1. The number of halogens is 1. The molecule has 2 amide bonds. The Balaban J connectivity index is 1.53. The van der Waals surface area contributed by atoms with Crippen molar-refractivity contribution in [3.63, 3.8) is 0 Å². The van der Waals surface area contributed by atoms with E-state index >= 15 is 0 Å². The highest BCUT2D eigenvalue weighted by Crippen LogP contribution is 2.23. The molecule has 8 nitrogen and oxygen atoms in total. The molecule has 9 heteroatoms. The highest BCUT2D eigenvalue weighted by molar-refractivity contribution is 6.29. The van der Waals surface area contributed by atoms with E-state index in [2.05, 4.69) is 20.8 Å². The zero-order valence-corrected chi connectivity index (χ0v) is 18.8. The van der Waals surface area contributed by atoms with Gasteiger partial charge in [-0.1, -0.05) is 24.4 Å². The first-order chi connectivity index (χ1) is 14.2. The summed E-state index contributed by atoms with van der Waals surface area (Å²) < 4.78 is 5.45. The summed E-state index contributed by atoms with van der Waals surface area (Å²) in [5.41, 5.74) is 0.385. The molecule has 2 heterocycles. The van der Waals surface area contributed by atoms with Crippen molar-refractivity contribution in [3.05, 3.63) is 16.9 Å². The van der Waals surface area contributed by atoms with Gasteiger partial charge in [-0.05, 0) is 52.4 Å². The predicted octanol–water partition coefficient (Wildman–Crippen LogP) is 3.86. The summed E-state index contributed by atoms with van der Waals surface area (Å²) in [6.45, 7) is 7.60. The van der Waals surface area contributed by atoms with Crippen LogP contribution in [0.1, 0.15) is 69.8 Å². The van der Waals surface area contributed by atoms with Gasteiger partial charge < -0.3 is 20.3 Å². The van der Waals surface area contributed by atoms with Gasteiger partial charge in [0.1, 0.15) is 5.60 Å². The van der Waals surface area contributed by atoms with Crippen LogP contribution in [0.5, 0.6) is 0 Å². The Hall–Kier alpha value is -2.09. The Bertz CT molecular complexity index is 753. The molecule has 0 radical (unpaired) electrons. The molecule has 166 valence electrons. The normalized spacial score (nSPS) is 18.3.